The van der Waals surface area contributed by atoms with Crippen LogP contribution in [0.4, 0.5) is 24.5 Å². The van der Waals surface area contributed by atoms with Crippen LogP contribution < -0.4 is 5.32 Å². The maximum Gasteiger partial charge on any atom is 0.416 e. The summed E-state index contributed by atoms with van der Waals surface area (Å²) in [5.74, 6) is -0.620. The Hall–Kier alpha value is -2.52. The maximum atomic E-state index is 13.0. The van der Waals surface area contributed by atoms with Gasteiger partial charge in [-0.15, -0.1) is 0 Å². The number of halogens is 3. The first-order valence-electron chi connectivity index (χ1n) is 15.0. The molecule has 254 valence electrons. The van der Waals surface area contributed by atoms with Gasteiger partial charge in [-0.3, -0.25) is 0 Å². The van der Waals surface area contributed by atoms with Crippen LogP contribution in [-0.2, 0) is 39.0 Å². The van der Waals surface area contributed by atoms with Crippen molar-refractivity contribution in [3.8, 4) is 0 Å². The van der Waals surface area contributed by atoms with Crippen molar-refractivity contribution in [1.82, 2.24) is 0 Å². The van der Waals surface area contributed by atoms with E-state index in [2.05, 4.69) is 39.2 Å². The number of rotatable bonds is 22. The highest BCUT2D eigenvalue weighted by Crippen LogP contribution is 2.36. The summed E-state index contributed by atoms with van der Waals surface area (Å²) < 4.78 is 77.8. The molecule has 0 aliphatic heterocycles. The minimum atomic E-state index is -4.47. The molecule has 0 fully saturated rings. The molecule has 0 aliphatic carbocycles. The summed E-state index contributed by atoms with van der Waals surface area (Å²) in [6.07, 6.45) is -4.47. The van der Waals surface area contributed by atoms with Crippen LogP contribution >= 0.6 is 0 Å². The van der Waals surface area contributed by atoms with Gasteiger partial charge in [0.15, 0.2) is 8.32 Å². The monoisotopic (exact) mass is 659 g/mol. The van der Waals surface area contributed by atoms with Crippen molar-refractivity contribution in [1.29, 1.82) is 0 Å². The maximum absolute atomic E-state index is 13.0. The predicted octanol–water partition coefficient (Wildman–Crippen LogP) is 6.71. The Morgan fingerprint density at radius 3 is 1.69 bits per heavy atom. The molecular formula is C32H48F3NO8Si. The fourth-order valence-corrected chi connectivity index (χ4v) is 4.55. The van der Waals surface area contributed by atoms with E-state index >= 15 is 0 Å². The summed E-state index contributed by atoms with van der Waals surface area (Å²) in [6, 6.07) is 11.2. The van der Waals surface area contributed by atoms with Crippen molar-refractivity contribution >= 4 is 25.7 Å². The third-order valence-corrected chi connectivity index (χ3v) is 11.6. The highest BCUT2D eigenvalue weighted by Gasteiger charge is 2.36. The number of ether oxygens (including phenoxy) is 6. The molecular weight excluding hydrogens is 611 g/mol. The first-order chi connectivity index (χ1) is 21.3. The summed E-state index contributed by atoms with van der Waals surface area (Å²) in [7, 11) is -1.73. The number of anilines is 2. The van der Waals surface area contributed by atoms with E-state index in [-0.39, 0.29) is 29.5 Å². The molecule has 0 heterocycles. The van der Waals surface area contributed by atoms with Crippen molar-refractivity contribution in [2.75, 3.05) is 84.6 Å². The largest absolute Gasteiger partial charge is 0.460 e. The van der Waals surface area contributed by atoms with Crippen molar-refractivity contribution in [2.24, 2.45) is 0 Å². The third kappa shape index (κ3) is 15.5. The molecule has 0 atom stereocenters. The number of nitrogens with one attached hydrogen (secondary N) is 1. The lowest BCUT2D eigenvalue weighted by Gasteiger charge is -2.36. The molecule has 45 heavy (non-hydrogen) atoms. The van der Waals surface area contributed by atoms with Gasteiger partial charge in [0.05, 0.1) is 89.5 Å². The van der Waals surface area contributed by atoms with Crippen molar-refractivity contribution in [3.63, 3.8) is 0 Å². The fraction of sp³-hybridized carbons (Fsp3) is 0.594. The molecule has 0 bridgehead atoms. The molecule has 0 amide bonds. The van der Waals surface area contributed by atoms with E-state index in [4.69, 9.17) is 32.8 Å². The molecule has 0 aromatic heterocycles. The van der Waals surface area contributed by atoms with E-state index in [0.29, 0.717) is 71.8 Å². The zero-order valence-corrected chi connectivity index (χ0v) is 28.0. The van der Waals surface area contributed by atoms with E-state index in [9.17, 15) is 18.0 Å². The minimum absolute atomic E-state index is 0.00951. The topological polar surface area (TPSA) is 93.7 Å². The van der Waals surface area contributed by atoms with Gasteiger partial charge >= 0.3 is 12.1 Å². The minimum Gasteiger partial charge on any atom is -0.460 e. The van der Waals surface area contributed by atoms with Gasteiger partial charge < -0.3 is 38.2 Å². The normalized spacial score (nSPS) is 12.4. The van der Waals surface area contributed by atoms with E-state index in [1.807, 2.05) is 0 Å². The summed E-state index contributed by atoms with van der Waals surface area (Å²) in [5, 5.41) is 3.05. The summed E-state index contributed by atoms with van der Waals surface area (Å²) >= 11 is 0. The molecule has 0 aliphatic rings. The first kappa shape index (κ1) is 38.7. The fourth-order valence-electron chi connectivity index (χ4n) is 3.52. The molecule has 9 nitrogen and oxygen atoms in total. The number of carbonyl (C=O) groups excluding carboxylic acids is 1. The number of esters is 1. The van der Waals surface area contributed by atoms with Gasteiger partial charge in [-0.1, -0.05) is 39.0 Å². The van der Waals surface area contributed by atoms with Crippen LogP contribution in [0.25, 0.3) is 0 Å². The van der Waals surface area contributed by atoms with Crippen molar-refractivity contribution in [3.05, 3.63) is 59.7 Å². The summed E-state index contributed by atoms with van der Waals surface area (Å²) in [4.78, 5) is 12.6. The number of alkyl halides is 3. The Balaban J connectivity index is 1.44. The Bertz CT molecular complexity index is 1130. The third-order valence-electron chi connectivity index (χ3n) is 7.06. The lowest BCUT2D eigenvalue weighted by atomic mass is 10.1. The van der Waals surface area contributed by atoms with Crippen molar-refractivity contribution < 1.29 is 50.8 Å². The van der Waals surface area contributed by atoms with Gasteiger partial charge in [-0.25, -0.2) is 4.79 Å². The van der Waals surface area contributed by atoms with E-state index in [1.165, 1.54) is 18.2 Å². The van der Waals surface area contributed by atoms with Crippen LogP contribution in [0.3, 0.4) is 0 Å². The van der Waals surface area contributed by atoms with Gasteiger partial charge in [-0.05, 0) is 48.5 Å². The predicted molar refractivity (Wildman–Crippen MR) is 169 cm³/mol. The average Bonchev–Trinajstić information content (AvgIpc) is 2.97. The van der Waals surface area contributed by atoms with Crippen LogP contribution in [0.2, 0.25) is 18.1 Å². The Morgan fingerprint density at radius 1 is 0.689 bits per heavy atom. The quantitative estimate of drug-likeness (QED) is 0.0841. The van der Waals surface area contributed by atoms with Crippen LogP contribution in [0.1, 0.15) is 36.7 Å². The average molecular weight is 660 g/mol. The summed E-state index contributed by atoms with van der Waals surface area (Å²) in [6.45, 7) is 15.8. The second kappa shape index (κ2) is 19.9. The summed E-state index contributed by atoms with van der Waals surface area (Å²) in [5.41, 5.74) is -0.0633. The number of hydrogen-bond acceptors (Lipinski definition) is 9. The second-order valence-corrected chi connectivity index (χ2v) is 16.4. The zero-order chi connectivity index (χ0) is 33.2. The highest BCUT2D eigenvalue weighted by molar-refractivity contribution is 6.74. The van der Waals surface area contributed by atoms with Crippen LogP contribution in [0.15, 0.2) is 48.5 Å². The lowest BCUT2D eigenvalue weighted by molar-refractivity contribution is -0.137. The molecule has 0 saturated heterocycles. The molecule has 0 radical (unpaired) electrons. The molecule has 0 spiro atoms. The van der Waals surface area contributed by atoms with Gasteiger partial charge in [-0.2, -0.15) is 13.2 Å². The van der Waals surface area contributed by atoms with E-state index in [1.54, 1.807) is 18.2 Å². The number of para-hydroxylation sites is 1. The van der Waals surface area contributed by atoms with Gasteiger partial charge in [0, 0.05) is 5.69 Å². The molecule has 2 aromatic rings. The first-order valence-corrected chi connectivity index (χ1v) is 18.0. The van der Waals surface area contributed by atoms with Crippen molar-refractivity contribution in [2.45, 2.75) is 45.1 Å². The molecule has 0 saturated carbocycles. The Morgan fingerprint density at radius 2 is 1.18 bits per heavy atom. The smallest absolute Gasteiger partial charge is 0.416 e. The van der Waals surface area contributed by atoms with Crippen LogP contribution in [0.5, 0.6) is 0 Å². The highest BCUT2D eigenvalue weighted by atomic mass is 28.4. The lowest BCUT2D eigenvalue weighted by Crippen LogP contribution is -2.41. The SMILES string of the molecule is CC(C)(C)[Si](C)(C)OCCOCCOCCOCCOCCOCCOC(=O)c1ccccc1Nc1cccc(C(F)(F)F)c1. The molecule has 2 rings (SSSR count). The Labute approximate surface area is 265 Å². The molecule has 13 heteroatoms. The van der Waals surface area contributed by atoms with Crippen LogP contribution in [0, 0.1) is 0 Å². The van der Waals surface area contributed by atoms with E-state index < -0.39 is 26.0 Å². The van der Waals surface area contributed by atoms with E-state index in [0.717, 1.165) is 12.1 Å². The Kier molecular flexibility index (Phi) is 17.1. The van der Waals surface area contributed by atoms with Crippen LogP contribution in [-0.4, -0.2) is 93.6 Å². The van der Waals surface area contributed by atoms with Gasteiger partial charge in [0.2, 0.25) is 0 Å². The van der Waals surface area contributed by atoms with Gasteiger partial charge in [0.25, 0.3) is 0 Å². The molecule has 2 aromatic carbocycles. The second-order valence-electron chi connectivity index (χ2n) is 11.6. The number of carbonyl (C=O) groups is 1. The number of hydrogen-bond donors (Lipinski definition) is 1. The number of benzene rings is 2. The van der Waals surface area contributed by atoms with Gasteiger partial charge in [0.1, 0.15) is 6.61 Å². The molecule has 1 N–H and O–H groups in total. The molecule has 0 unspecified atom stereocenters. The standard InChI is InChI=1S/C32H48F3NO8Si/c1-31(2,3)45(4,5)44-24-22-42-20-18-40-16-14-38-13-15-39-17-19-41-21-23-43-30(37)28-11-6-7-12-29(28)36-27-10-8-9-26(25-27)32(33,34)35/h6-12,25,36H,13-24H2,1-5H3. The zero-order valence-electron chi connectivity index (χ0n) is 27.0.